The van der Waals surface area contributed by atoms with Gasteiger partial charge in [-0.3, -0.25) is 4.68 Å². The Kier molecular flexibility index (Phi) is 6.34. The lowest BCUT2D eigenvalue weighted by molar-refractivity contribution is 0.649. The van der Waals surface area contributed by atoms with Gasteiger partial charge >= 0.3 is 0 Å². The van der Waals surface area contributed by atoms with Crippen molar-refractivity contribution in [2.45, 2.75) is 30.7 Å². The van der Waals surface area contributed by atoms with Crippen LogP contribution in [0.15, 0.2) is 38.1 Å². The Morgan fingerprint density at radius 1 is 1.38 bits per heavy atom. The minimum absolute atomic E-state index is 0.102. The van der Waals surface area contributed by atoms with Crippen LogP contribution in [0.2, 0.25) is 0 Å². The molecular weight excluding hydrogens is 414 g/mol. The third kappa shape index (κ3) is 4.58. The number of aryl methyl sites for hydroxylation is 2. The first-order valence-electron chi connectivity index (χ1n) is 6.85. The molecule has 2 aromatic rings. The molecule has 1 heterocycles. The van der Waals surface area contributed by atoms with E-state index in [1.165, 1.54) is 10.6 Å². The molecule has 2 rings (SSSR count). The summed E-state index contributed by atoms with van der Waals surface area (Å²) in [7, 11) is 1.98. The zero-order chi connectivity index (χ0) is 15.4. The van der Waals surface area contributed by atoms with E-state index in [-0.39, 0.29) is 6.04 Å². The lowest BCUT2D eigenvalue weighted by atomic mass is 10.2. The molecule has 3 nitrogen and oxygen atoms in total. The van der Waals surface area contributed by atoms with Gasteiger partial charge in [-0.2, -0.15) is 5.10 Å². The normalized spacial score (nSPS) is 12.6. The molecule has 1 unspecified atom stereocenters. The molecule has 2 N–H and O–H groups in total. The molecule has 0 bridgehead atoms. The highest BCUT2D eigenvalue weighted by atomic mass is 79.9. The quantitative estimate of drug-likeness (QED) is 0.696. The first-order valence-corrected chi connectivity index (χ1v) is 9.42. The Labute approximate surface area is 146 Å². The van der Waals surface area contributed by atoms with E-state index >= 15 is 0 Å². The van der Waals surface area contributed by atoms with Crippen molar-refractivity contribution in [2.24, 2.45) is 12.8 Å². The Balaban J connectivity index is 1.96. The predicted octanol–water partition coefficient (Wildman–Crippen LogP) is 4.17. The summed E-state index contributed by atoms with van der Waals surface area (Å²) in [6.45, 7) is 2.11. The second kappa shape index (κ2) is 7.81. The van der Waals surface area contributed by atoms with Gasteiger partial charge in [-0.05, 0) is 40.5 Å². The number of halogens is 2. The summed E-state index contributed by atoms with van der Waals surface area (Å²) in [5.41, 5.74) is 8.56. The van der Waals surface area contributed by atoms with Crippen molar-refractivity contribution in [3.05, 3.63) is 44.6 Å². The lowest BCUT2D eigenvalue weighted by Gasteiger charge is -2.12. The van der Waals surface area contributed by atoms with Crippen LogP contribution in [0.3, 0.4) is 0 Å². The molecule has 6 heteroatoms. The first kappa shape index (κ1) is 17.1. The molecule has 0 aliphatic carbocycles. The van der Waals surface area contributed by atoms with Gasteiger partial charge in [0.25, 0.3) is 0 Å². The summed E-state index contributed by atoms with van der Waals surface area (Å²) < 4.78 is 4.14. The highest BCUT2D eigenvalue weighted by molar-refractivity contribution is 9.10. The number of aromatic nitrogens is 2. The Bertz CT molecular complexity index is 613. The van der Waals surface area contributed by atoms with Gasteiger partial charge in [0.1, 0.15) is 0 Å². The monoisotopic (exact) mass is 431 g/mol. The van der Waals surface area contributed by atoms with Gasteiger partial charge in [-0.25, -0.2) is 0 Å². The van der Waals surface area contributed by atoms with Gasteiger partial charge < -0.3 is 5.73 Å². The molecule has 0 aliphatic heterocycles. The Hall–Kier alpha value is -0.300. The number of hydrogen-bond donors (Lipinski definition) is 1. The SMILES string of the molecule is CCc1nn(C)c(CC(N)CSc2cccc(Br)c2)c1Br. The van der Waals surface area contributed by atoms with Crippen molar-refractivity contribution in [3.63, 3.8) is 0 Å². The van der Waals surface area contributed by atoms with E-state index < -0.39 is 0 Å². The fourth-order valence-electron chi connectivity index (χ4n) is 2.11. The van der Waals surface area contributed by atoms with Gasteiger partial charge in [0.15, 0.2) is 0 Å². The fourth-order valence-corrected chi connectivity index (χ4v) is 4.35. The van der Waals surface area contributed by atoms with E-state index in [2.05, 4.69) is 56.0 Å². The third-order valence-electron chi connectivity index (χ3n) is 3.22. The van der Waals surface area contributed by atoms with Crippen LogP contribution in [-0.2, 0) is 19.9 Å². The summed E-state index contributed by atoms with van der Waals surface area (Å²) in [4.78, 5) is 1.23. The van der Waals surface area contributed by atoms with Crippen molar-refractivity contribution in [1.82, 2.24) is 9.78 Å². The molecule has 0 aliphatic rings. The summed E-state index contributed by atoms with van der Waals surface area (Å²) in [5, 5.41) is 4.51. The zero-order valence-electron chi connectivity index (χ0n) is 12.1. The molecule has 0 fully saturated rings. The van der Waals surface area contributed by atoms with E-state index in [0.29, 0.717) is 0 Å². The fraction of sp³-hybridized carbons (Fsp3) is 0.400. The third-order valence-corrected chi connectivity index (χ3v) is 5.81. The van der Waals surface area contributed by atoms with Crippen LogP contribution in [0.5, 0.6) is 0 Å². The van der Waals surface area contributed by atoms with Crippen molar-refractivity contribution >= 4 is 43.6 Å². The molecule has 1 aromatic heterocycles. The standard InChI is InChI=1S/C15H19Br2N3S/c1-3-13-15(17)14(20(2)19-13)8-11(18)9-21-12-6-4-5-10(16)7-12/h4-7,11H,3,8-9,18H2,1-2H3. The largest absolute Gasteiger partial charge is 0.327 e. The second-order valence-corrected chi connectivity index (χ2v) is 7.72. The average molecular weight is 433 g/mol. The summed E-state index contributed by atoms with van der Waals surface area (Å²) >= 11 is 8.92. The predicted molar refractivity (Wildman–Crippen MR) is 96.8 cm³/mol. The molecule has 0 saturated heterocycles. The maximum absolute atomic E-state index is 6.29. The lowest BCUT2D eigenvalue weighted by Crippen LogP contribution is -2.26. The van der Waals surface area contributed by atoms with Crippen LogP contribution in [0.25, 0.3) is 0 Å². The zero-order valence-corrected chi connectivity index (χ0v) is 16.1. The minimum atomic E-state index is 0.102. The van der Waals surface area contributed by atoms with Crippen LogP contribution < -0.4 is 5.73 Å². The maximum Gasteiger partial charge on any atom is 0.0766 e. The van der Waals surface area contributed by atoms with Gasteiger partial charge in [0, 0.05) is 34.6 Å². The van der Waals surface area contributed by atoms with Crippen molar-refractivity contribution in [3.8, 4) is 0 Å². The van der Waals surface area contributed by atoms with Crippen LogP contribution in [0.4, 0.5) is 0 Å². The number of thioether (sulfide) groups is 1. The number of rotatable bonds is 6. The number of benzene rings is 1. The Morgan fingerprint density at radius 3 is 2.76 bits per heavy atom. The van der Waals surface area contributed by atoms with Crippen LogP contribution in [0, 0.1) is 0 Å². The highest BCUT2D eigenvalue weighted by Crippen LogP contribution is 2.25. The van der Waals surface area contributed by atoms with Crippen LogP contribution in [0.1, 0.15) is 18.3 Å². The van der Waals surface area contributed by atoms with E-state index in [4.69, 9.17) is 5.73 Å². The van der Waals surface area contributed by atoms with E-state index in [1.54, 1.807) is 11.8 Å². The van der Waals surface area contributed by atoms with E-state index in [0.717, 1.165) is 33.2 Å². The minimum Gasteiger partial charge on any atom is -0.327 e. The average Bonchev–Trinajstić information content (AvgIpc) is 2.72. The number of hydrogen-bond acceptors (Lipinski definition) is 3. The van der Waals surface area contributed by atoms with Crippen molar-refractivity contribution < 1.29 is 0 Å². The maximum atomic E-state index is 6.29. The summed E-state index contributed by atoms with van der Waals surface area (Å²) in [6.07, 6.45) is 1.75. The molecule has 21 heavy (non-hydrogen) atoms. The van der Waals surface area contributed by atoms with Gasteiger partial charge in [-0.1, -0.05) is 28.9 Å². The summed E-state index contributed by atoms with van der Waals surface area (Å²) in [5.74, 6) is 0.884. The van der Waals surface area contributed by atoms with Crippen molar-refractivity contribution in [1.29, 1.82) is 0 Å². The van der Waals surface area contributed by atoms with Crippen LogP contribution >= 0.6 is 43.6 Å². The van der Waals surface area contributed by atoms with Gasteiger partial charge in [-0.15, -0.1) is 11.8 Å². The molecule has 0 amide bonds. The van der Waals surface area contributed by atoms with Crippen molar-refractivity contribution in [2.75, 3.05) is 5.75 Å². The summed E-state index contributed by atoms with van der Waals surface area (Å²) in [6, 6.07) is 8.40. The molecule has 1 aromatic carbocycles. The number of nitrogens with zero attached hydrogens (tertiary/aromatic N) is 2. The Morgan fingerprint density at radius 2 is 2.14 bits per heavy atom. The number of nitrogens with two attached hydrogens (primary N) is 1. The smallest absolute Gasteiger partial charge is 0.0766 e. The van der Waals surface area contributed by atoms with E-state index in [9.17, 15) is 0 Å². The van der Waals surface area contributed by atoms with E-state index in [1.807, 2.05) is 23.9 Å². The first-order chi connectivity index (χ1) is 10.0. The van der Waals surface area contributed by atoms with Gasteiger partial charge in [0.2, 0.25) is 0 Å². The molecule has 114 valence electrons. The second-order valence-electron chi connectivity index (χ2n) is 4.92. The topological polar surface area (TPSA) is 43.8 Å². The molecule has 1 atom stereocenters. The molecule has 0 radical (unpaired) electrons. The molecular formula is C15H19Br2N3S. The van der Waals surface area contributed by atoms with Gasteiger partial charge in [0.05, 0.1) is 15.9 Å². The molecule has 0 spiro atoms. The van der Waals surface area contributed by atoms with Crippen LogP contribution in [-0.4, -0.2) is 21.6 Å². The highest BCUT2D eigenvalue weighted by Gasteiger charge is 2.15. The molecule has 0 saturated carbocycles.